The van der Waals surface area contributed by atoms with Crippen LogP contribution in [0.4, 0.5) is 0 Å². The van der Waals surface area contributed by atoms with Crippen molar-refractivity contribution in [3.8, 4) is 16.9 Å². The van der Waals surface area contributed by atoms with Gasteiger partial charge in [0, 0.05) is 21.9 Å². The van der Waals surface area contributed by atoms with Gasteiger partial charge in [0.25, 0.3) is 10.1 Å². The van der Waals surface area contributed by atoms with Crippen LogP contribution in [-0.2, 0) is 29.8 Å². The molecule has 0 aliphatic carbocycles. The minimum Gasteiger partial charge on any atom is -0.496 e. The first-order valence-electron chi connectivity index (χ1n) is 7.43. The van der Waals surface area contributed by atoms with Crippen molar-refractivity contribution in [1.29, 1.82) is 0 Å². The topological polar surface area (TPSA) is 132 Å². The molecule has 28 heavy (non-hydrogen) atoms. The Labute approximate surface area is 163 Å². The molecule has 0 amide bonds. The Bertz CT molecular complexity index is 1270. The van der Waals surface area contributed by atoms with E-state index in [-0.39, 0.29) is 16.2 Å². The molecule has 150 valence electrons. The molecule has 0 aliphatic heterocycles. The van der Waals surface area contributed by atoms with E-state index < -0.39 is 45.1 Å². The summed E-state index contributed by atoms with van der Waals surface area (Å²) in [5.74, 6) is -0.0142. The van der Waals surface area contributed by atoms with Crippen LogP contribution in [0.25, 0.3) is 11.1 Å². The fraction of sp³-hybridized carbons (Fsp3) is 0.0588. The second-order valence-electron chi connectivity index (χ2n) is 5.39. The van der Waals surface area contributed by atoms with Gasteiger partial charge in [-0.2, -0.15) is 8.42 Å². The van der Waals surface area contributed by atoms with Gasteiger partial charge in [-0.1, -0.05) is 19.2 Å². The molecule has 0 unspecified atom stereocenters. The highest BCUT2D eigenvalue weighted by molar-refractivity contribution is 7.94. The van der Waals surface area contributed by atoms with E-state index in [1.807, 2.05) is 0 Å². The number of sulfone groups is 2. The van der Waals surface area contributed by atoms with Crippen LogP contribution in [0.15, 0.2) is 75.1 Å². The van der Waals surface area contributed by atoms with Gasteiger partial charge in [0.2, 0.25) is 0 Å². The number of ether oxygens (including phenoxy) is 1. The first-order chi connectivity index (χ1) is 12.9. The SMILES string of the molecule is C=CS(=O)(=O)c1ccc(OC)c(-c2c(S(=O)(=O)O)cccc2S(=O)(=O)C=C)c1. The summed E-state index contributed by atoms with van der Waals surface area (Å²) >= 11 is 0. The monoisotopic (exact) mass is 444 g/mol. The Kier molecular flexibility index (Phi) is 5.85. The lowest BCUT2D eigenvalue weighted by atomic mass is 10.0. The van der Waals surface area contributed by atoms with Gasteiger partial charge in [-0.15, -0.1) is 0 Å². The van der Waals surface area contributed by atoms with Crippen LogP contribution in [0.1, 0.15) is 0 Å². The van der Waals surface area contributed by atoms with E-state index in [0.717, 1.165) is 24.3 Å². The van der Waals surface area contributed by atoms with Crippen molar-refractivity contribution in [3.63, 3.8) is 0 Å². The molecule has 0 saturated heterocycles. The van der Waals surface area contributed by atoms with E-state index in [1.54, 1.807) is 0 Å². The van der Waals surface area contributed by atoms with Crippen molar-refractivity contribution in [3.05, 3.63) is 60.4 Å². The van der Waals surface area contributed by atoms with Crippen molar-refractivity contribution in [2.24, 2.45) is 0 Å². The van der Waals surface area contributed by atoms with Crippen molar-refractivity contribution < 1.29 is 34.5 Å². The maximum Gasteiger partial charge on any atom is 0.295 e. The normalized spacial score (nSPS) is 12.4. The third-order valence-electron chi connectivity index (χ3n) is 3.78. The van der Waals surface area contributed by atoms with E-state index in [1.165, 1.54) is 19.2 Å². The molecule has 11 heteroatoms. The molecular formula is C17H16O8S3. The zero-order chi connectivity index (χ0) is 21.3. The quantitative estimate of drug-likeness (QED) is 0.644. The predicted molar refractivity (Wildman–Crippen MR) is 103 cm³/mol. The third-order valence-corrected chi connectivity index (χ3v) is 7.42. The molecule has 0 bridgehead atoms. The maximum atomic E-state index is 12.4. The summed E-state index contributed by atoms with van der Waals surface area (Å²) in [6.07, 6.45) is 0. The molecule has 0 radical (unpaired) electrons. The van der Waals surface area contributed by atoms with Gasteiger partial charge < -0.3 is 4.74 Å². The first-order valence-corrected chi connectivity index (χ1v) is 12.0. The zero-order valence-electron chi connectivity index (χ0n) is 14.6. The molecule has 0 aromatic heterocycles. The lowest BCUT2D eigenvalue weighted by Gasteiger charge is -2.16. The summed E-state index contributed by atoms with van der Waals surface area (Å²) < 4.78 is 87.7. The van der Waals surface area contributed by atoms with Crippen LogP contribution < -0.4 is 4.74 Å². The van der Waals surface area contributed by atoms with Gasteiger partial charge in [0.05, 0.1) is 16.9 Å². The van der Waals surface area contributed by atoms with Crippen molar-refractivity contribution >= 4 is 29.8 Å². The minimum atomic E-state index is -4.88. The third kappa shape index (κ3) is 4.02. The van der Waals surface area contributed by atoms with Gasteiger partial charge in [0.15, 0.2) is 19.7 Å². The predicted octanol–water partition coefficient (Wildman–Crippen LogP) is 2.44. The van der Waals surface area contributed by atoms with Gasteiger partial charge >= 0.3 is 0 Å². The lowest BCUT2D eigenvalue weighted by Crippen LogP contribution is -2.08. The van der Waals surface area contributed by atoms with Crippen LogP contribution >= 0.6 is 0 Å². The fourth-order valence-corrected chi connectivity index (χ4v) is 4.95. The summed E-state index contributed by atoms with van der Waals surface area (Å²) in [6, 6.07) is 6.69. The molecule has 1 N–H and O–H groups in total. The van der Waals surface area contributed by atoms with Crippen molar-refractivity contribution in [2.75, 3.05) is 7.11 Å². The van der Waals surface area contributed by atoms with Crippen LogP contribution in [0.2, 0.25) is 0 Å². The minimum absolute atomic E-state index is 0.0142. The fourth-order valence-electron chi connectivity index (χ4n) is 2.47. The van der Waals surface area contributed by atoms with Crippen molar-refractivity contribution in [2.45, 2.75) is 14.7 Å². The first kappa shape index (κ1) is 21.8. The van der Waals surface area contributed by atoms with E-state index in [9.17, 15) is 29.8 Å². The highest BCUT2D eigenvalue weighted by Gasteiger charge is 2.28. The molecule has 2 aromatic rings. The van der Waals surface area contributed by atoms with E-state index in [2.05, 4.69) is 13.2 Å². The van der Waals surface area contributed by atoms with Crippen LogP contribution in [0.5, 0.6) is 5.75 Å². The summed E-state index contributed by atoms with van der Waals surface area (Å²) in [6.45, 7) is 6.42. The number of benzene rings is 2. The van der Waals surface area contributed by atoms with E-state index in [4.69, 9.17) is 4.74 Å². The Balaban J connectivity index is 3.12. The largest absolute Gasteiger partial charge is 0.496 e. The number of hydrogen-bond donors (Lipinski definition) is 1. The Morgan fingerprint density at radius 1 is 0.893 bits per heavy atom. The summed E-state index contributed by atoms with van der Waals surface area (Å²) in [7, 11) is -11.7. The Morgan fingerprint density at radius 2 is 1.46 bits per heavy atom. The number of methoxy groups -OCH3 is 1. The molecule has 0 aliphatic rings. The summed E-state index contributed by atoms with van der Waals surface area (Å²) in [4.78, 5) is -1.50. The second kappa shape index (κ2) is 7.51. The zero-order valence-corrected chi connectivity index (χ0v) is 17.0. The Morgan fingerprint density at radius 3 is 1.96 bits per heavy atom. The van der Waals surface area contributed by atoms with Gasteiger partial charge in [0.1, 0.15) is 10.6 Å². The molecule has 0 atom stereocenters. The highest BCUT2D eigenvalue weighted by atomic mass is 32.2. The van der Waals surface area contributed by atoms with Crippen LogP contribution in [0, 0.1) is 0 Å². The molecule has 0 heterocycles. The molecule has 0 saturated carbocycles. The van der Waals surface area contributed by atoms with Gasteiger partial charge in [-0.05, 0) is 30.3 Å². The molecular weight excluding hydrogens is 428 g/mol. The average molecular weight is 445 g/mol. The van der Waals surface area contributed by atoms with Gasteiger partial charge in [-0.3, -0.25) is 4.55 Å². The van der Waals surface area contributed by atoms with E-state index in [0.29, 0.717) is 10.8 Å². The molecule has 2 aromatic carbocycles. The van der Waals surface area contributed by atoms with Crippen molar-refractivity contribution in [1.82, 2.24) is 0 Å². The standard InChI is InChI=1S/C17H16O8S3/c1-4-26(18,19)12-9-10-14(25-3)13(11-12)17-15(27(20,21)5-2)7-6-8-16(17)28(22,23)24/h4-11H,1-2H2,3H3,(H,22,23,24). The molecule has 8 nitrogen and oxygen atoms in total. The smallest absolute Gasteiger partial charge is 0.295 e. The molecule has 2 rings (SSSR count). The summed E-state index contributed by atoms with van der Waals surface area (Å²) in [5, 5.41) is 1.30. The maximum absolute atomic E-state index is 12.4. The van der Waals surface area contributed by atoms with Crippen LogP contribution in [0.3, 0.4) is 0 Å². The lowest BCUT2D eigenvalue weighted by molar-refractivity contribution is 0.416. The molecule has 0 fully saturated rings. The highest BCUT2D eigenvalue weighted by Crippen LogP contribution is 2.40. The average Bonchev–Trinajstić information content (AvgIpc) is 2.66. The summed E-state index contributed by atoms with van der Waals surface area (Å²) in [5.41, 5.74) is -0.609. The number of rotatable bonds is 7. The number of hydrogen-bond acceptors (Lipinski definition) is 7. The van der Waals surface area contributed by atoms with E-state index >= 15 is 0 Å². The Hall–Kier alpha value is -2.47. The van der Waals surface area contributed by atoms with Gasteiger partial charge in [-0.25, -0.2) is 16.8 Å². The second-order valence-corrected chi connectivity index (χ2v) is 10.5. The van der Waals surface area contributed by atoms with Crippen LogP contribution in [-0.4, -0.2) is 36.9 Å². The molecule has 0 spiro atoms.